The van der Waals surface area contributed by atoms with Crippen LogP contribution in [0.3, 0.4) is 0 Å². The molecule has 0 amide bonds. The maximum absolute atomic E-state index is 13.5. The highest BCUT2D eigenvalue weighted by Gasteiger charge is 2.49. The number of anilines is 1. The van der Waals surface area contributed by atoms with Gasteiger partial charge in [0.2, 0.25) is 0 Å². The van der Waals surface area contributed by atoms with Crippen molar-refractivity contribution in [1.82, 2.24) is 9.78 Å². The number of alkyl halides is 3. The summed E-state index contributed by atoms with van der Waals surface area (Å²) < 4.78 is 45.5. The minimum Gasteiger partial charge on any atom is -0.469 e. The molecule has 144 valence electrons. The van der Waals surface area contributed by atoms with Gasteiger partial charge in [-0.1, -0.05) is 24.3 Å². The van der Waals surface area contributed by atoms with Gasteiger partial charge in [-0.25, -0.2) is 4.68 Å². The van der Waals surface area contributed by atoms with Crippen LogP contribution >= 0.6 is 0 Å². The van der Waals surface area contributed by atoms with Crippen LogP contribution in [0.1, 0.15) is 30.0 Å². The number of nitrogens with zero attached hydrogens (tertiary/aromatic N) is 3. The highest BCUT2D eigenvalue weighted by Crippen LogP contribution is 2.45. The number of nitrogens with two attached hydrogens (primary N) is 1. The normalized spacial score (nSPS) is 14.1. The summed E-state index contributed by atoms with van der Waals surface area (Å²) in [5.74, 6) is -1.60. The second-order valence-corrected chi connectivity index (χ2v) is 6.48. The Hall–Kier alpha value is -2.83. The number of benzene rings is 1. The van der Waals surface area contributed by atoms with Gasteiger partial charge >= 0.3 is 12.1 Å². The summed E-state index contributed by atoms with van der Waals surface area (Å²) in [5, 5.41) is 10.5. The summed E-state index contributed by atoms with van der Waals surface area (Å²) in [6.07, 6.45) is -4.98. The number of carbonyl (C=O) groups excluding carboxylic acids is 1. The summed E-state index contributed by atoms with van der Waals surface area (Å²) in [6, 6.07) is 5.17. The molecule has 0 aliphatic carbocycles. The molecule has 0 bridgehead atoms. The predicted molar refractivity (Wildman–Crippen MR) is 102 cm³/mol. The molecule has 0 spiro atoms. The van der Waals surface area contributed by atoms with E-state index in [-0.39, 0.29) is 11.3 Å². The molecule has 29 heavy (non-hydrogen) atoms. The highest BCUT2D eigenvalue weighted by atomic mass is 19.4. The fourth-order valence-corrected chi connectivity index (χ4v) is 2.83. The Morgan fingerprint density at radius 3 is 2.24 bits per heavy atom. The Kier molecular flexibility index (Phi) is 6.11. The van der Waals surface area contributed by atoms with Gasteiger partial charge in [0, 0.05) is 5.56 Å². The number of esters is 1. The summed E-state index contributed by atoms with van der Waals surface area (Å²) in [6.45, 7) is 1.63. The first-order valence-corrected chi connectivity index (χ1v) is 8.22. The summed E-state index contributed by atoms with van der Waals surface area (Å²) in [4.78, 5) is 11.6. The summed E-state index contributed by atoms with van der Waals surface area (Å²) in [5.41, 5.74) is 6.23. The van der Waals surface area contributed by atoms with Gasteiger partial charge in [0.25, 0.3) is 0 Å². The van der Waals surface area contributed by atoms with E-state index in [1.807, 2.05) is 0 Å². The SMILES string of the molecule is [B]C([B])([B])C(n1nc(-c2ccc(C(C)C(=O)OC)cc2)c(C#N)c1N)C(F)(F)F. The molecule has 0 saturated heterocycles. The van der Waals surface area contributed by atoms with Crippen LogP contribution in [0.15, 0.2) is 24.3 Å². The first kappa shape index (κ1) is 22.5. The van der Waals surface area contributed by atoms with Crippen LogP contribution in [0.5, 0.6) is 0 Å². The smallest absolute Gasteiger partial charge is 0.409 e. The lowest BCUT2D eigenvalue weighted by Crippen LogP contribution is -2.39. The zero-order chi connectivity index (χ0) is 22.1. The fraction of sp³-hybridized carbons (Fsp3) is 0.353. The van der Waals surface area contributed by atoms with Crippen LogP contribution in [-0.4, -0.2) is 52.6 Å². The van der Waals surface area contributed by atoms with E-state index in [2.05, 4.69) is 9.84 Å². The standard InChI is InChI=1S/C17H14B3F3N4O2/c1-8(14(28)29-2)9-3-5-10(6-4-9)12-11(7-24)13(25)27(26-12)15(16(18,19)20)17(21,22)23/h3-6,8,15H,25H2,1-2H3. The van der Waals surface area contributed by atoms with Crippen LogP contribution in [-0.2, 0) is 9.53 Å². The number of nitriles is 1. The molecule has 0 fully saturated rings. The van der Waals surface area contributed by atoms with Crippen molar-refractivity contribution in [1.29, 1.82) is 5.26 Å². The molecule has 2 rings (SSSR count). The van der Waals surface area contributed by atoms with Crippen molar-refractivity contribution in [3.05, 3.63) is 35.4 Å². The van der Waals surface area contributed by atoms with Gasteiger partial charge in [0.05, 0.1) is 36.6 Å². The third kappa shape index (κ3) is 4.44. The Balaban J connectivity index is 2.57. The van der Waals surface area contributed by atoms with E-state index in [0.29, 0.717) is 15.8 Å². The van der Waals surface area contributed by atoms with Crippen molar-refractivity contribution in [2.75, 3.05) is 12.8 Å². The molecule has 2 N–H and O–H groups in total. The average molecular weight is 396 g/mol. The van der Waals surface area contributed by atoms with Gasteiger partial charge in [-0.3, -0.25) is 4.79 Å². The van der Waals surface area contributed by atoms with Crippen molar-refractivity contribution in [3.63, 3.8) is 0 Å². The number of halogens is 3. The molecule has 0 saturated carbocycles. The van der Waals surface area contributed by atoms with Crippen molar-refractivity contribution >= 4 is 35.3 Å². The third-order valence-electron chi connectivity index (χ3n) is 4.33. The molecule has 2 aromatic rings. The van der Waals surface area contributed by atoms with Crippen LogP contribution in [0.25, 0.3) is 11.3 Å². The van der Waals surface area contributed by atoms with Gasteiger partial charge < -0.3 is 10.5 Å². The first-order chi connectivity index (χ1) is 13.3. The second kappa shape index (κ2) is 7.89. The minimum absolute atomic E-state index is 0.110. The van der Waals surface area contributed by atoms with Gasteiger partial charge in [-0.2, -0.15) is 23.5 Å². The Morgan fingerprint density at radius 2 is 1.83 bits per heavy atom. The number of ether oxygens (including phenoxy) is 1. The maximum Gasteiger partial charge on any atom is 0.409 e. The third-order valence-corrected chi connectivity index (χ3v) is 4.33. The van der Waals surface area contributed by atoms with E-state index >= 15 is 0 Å². The molecule has 0 aliphatic rings. The van der Waals surface area contributed by atoms with Crippen LogP contribution in [0.4, 0.5) is 19.0 Å². The van der Waals surface area contributed by atoms with Gasteiger partial charge in [0.1, 0.15) is 29.2 Å². The molecule has 6 radical (unpaired) electrons. The van der Waals surface area contributed by atoms with Gasteiger partial charge in [-0.15, -0.1) is 5.11 Å². The molecule has 1 heterocycles. The van der Waals surface area contributed by atoms with Crippen molar-refractivity contribution in [3.8, 4) is 17.3 Å². The molecule has 2 unspecified atom stereocenters. The highest BCUT2D eigenvalue weighted by molar-refractivity contribution is 6.59. The number of aromatic nitrogens is 2. The molecule has 1 aromatic carbocycles. The average Bonchev–Trinajstić information content (AvgIpc) is 2.94. The van der Waals surface area contributed by atoms with E-state index in [9.17, 15) is 23.2 Å². The Morgan fingerprint density at radius 1 is 1.28 bits per heavy atom. The number of hydrogen-bond donors (Lipinski definition) is 1. The van der Waals surface area contributed by atoms with Gasteiger partial charge in [0.15, 0.2) is 0 Å². The monoisotopic (exact) mass is 396 g/mol. The number of methoxy groups -OCH3 is 1. The Labute approximate surface area is 169 Å². The van der Waals surface area contributed by atoms with Crippen molar-refractivity contribution in [2.45, 2.75) is 30.2 Å². The topological polar surface area (TPSA) is 93.9 Å². The fourth-order valence-electron chi connectivity index (χ4n) is 2.83. The van der Waals surface area contributed by atoms with E-state index in [0.717, 1.165) is 0 Å². The van der Waals surface area contributed by atoms with Gasteiger partial charge in [-0.05, 0) is 12.5 Å². The molecule has 6 nitrogen and oxygen atoms in total. The minimum atomic E-state index is -4.98. The number of carbonyl (C=O) groups is 1. The molecule has 1 aromatic heterocycles. The number of nitrogen functional groups attached to an aromatic ring is 1. The van der Waals surface area contributed by atoms with Crippen molar-refractivity contribution in [2.24, 2.45) is 0 Å². The summed E-state index contributed by atoms with van der Waals surface area (Å²) in [7, 11) is 17.1. The zero-order valence-corrected chi connectivity index (χ0v) is 15.6. The van der Waals surface area contributed by atoms with Crippen LogP contribution in [0, 0.1) is 11.3 Å². The number of hydrogen-bond acceptors (Lipinski definition) is 5. The molecular weight excluding hydrogens is 382 g/mol. The maximum atomic E-state index is 13.5. The first-order valence-electron chi connectivity index (χ1n) is 8.22. The van der Waals surface area contributed by atoms with E-state index < -0.39 is 35.0 Å². The Bertz CT molecular complexity index is 933. The predicted octanol–water partition coefficient (Wildman–Crippen LogP) is 1.96. The zero-order valence-electron chi connectivity index (χ0n) is 15.6. The quantitative estimate of drug-likeness (QED) is 0.617. The van der Waals surface area contributed by atoms with Crippen LogP contribution < -0.4 is 5.73 Å². The molecule has 0 aliphatic heterocycles. The second-order valence-electron chi connectivity index (χ2n) is 6.48. The summed E-state index contributed by atoms with van der Waals surface area (Å²) >= 11 is 0. The van der Waals surface area contributed by atoms with E-state index in [1.165, 1.54) is 19.2 Å². The van der Waals surface area contributed by atoms with Crippen LogP contribution in [0.2, 0.25) is 5.11 Å². The largest absolute Gasteiger partial charge is 0.469 e. The lowest BCUT2D eigenvalue weighted by molar-refractivity contribution is -0.169. The lowest BCUT2D eigenvalue weighted by Gasteiger charge is -2.34. The number of rotatable bonds is 5. The lowest BCUT2D eigenvalue weighted by atomic mass is 9.39. The van der Waals surface area contributed by atoms with E-state index in [1.54, 1.807) is 25.1 Å². The molecular formula is C17H14B3F3N4O2. The molecule has 12 heteroatoms. The van der Waals surface area contributed by atoms with E-state index in [4.69, 9.17) is 29.3 Å². The van der Waals surface area contributed by atoms with Crippen molar-refractivity contribution < 1.29 is 22.7 Å². The molecule has 2 atom stereocenters.